The zero-order chi connectivity index (χ0) is 23.1. The van der Waals surface area contributed by atoms with Gasteiger partial charge in [0.25, 0.3) is 0 Å². The number of aryl methyl sites for hydroxylation is 2. The molecule has 170 valence electrons. The highest BCUT2D eigenvalue weighted by molar-refractivity contribution is 9.10. The molecule has 0 radical (unpaired) electrons. The van der Waals surface area contributed by atoms with Crippen LogP contribution in [0.15, 0.2) is 52.0 Å². The summed E-state index contributed by atoms with van der Waals surface area (Å²) in [6, 6.07) is 10.5. The number of aromatic nitrogens is 3. The summed E-state index contributed by atoms with van der Waals surface area (Å²) in [7, 11) is -3.75. The number of nitrogens with one attached hydrogen (secondary N) is 3. The fourth-order valence-electron chi connectivity index (χ4n) is 2.88. The zero-order valence-corrected chi connectivity index (χ0v) is 20.4. The zero-order valence-electron chi connectivity index (χ0n) is 18.0. The summed E-state index contributed by atoms with van der Waals surface area (Å²) in [4.78, 5) is 13.1. The van der Waals surface area contributed by atoms with Gasteiger partial charge in [-0.1, -0.05) is 15.9 Å². The van der Waals surface area contributed by atoms with Crippen LogP contribution in [0.4, 0.5) is 17.5 Å². The lowest BCUT2D eigenvalue weighted by molar-refractivity contribution is 0.331. The highest BCUT2D eigenvalue weighted by atomic mass is 79.9. The number of nitrogens with zero attached hydrogens (tertiary/aromatic N) is 3. The van der Waals surface area contributed by atoms with Gasteiger partial charge in [-0.15, -0.1) is 0 Å². The molecule has 3 rings (SSSR count). The second kappa shape index (κ2) is 10.7. The van der Waals surface area contributed by atoms with Crippen LogP contribution >= 0.6 is 15.9 Å². The number of halogens is 1. The van der Waals surface area contributed by atoms with E-state index in [4.69, 9.17) is 4.74 Å². The van der Waals surface area contributed by atoms with E-state index in [2.05, 4.69) is 46.2 Å². The lowest BCUT2D eigenvalue weighted by Gasteiger charge is -2.13. The topological polar surface area (TPSA) is 118 Å². The predicted molar refractivity (Wildman–Crippen MR) is 128 cm³/mol. The number of hydrogen-bond acceptors (Lipinski definition) is 8. The minimum atomic E-state index is -3.75. The molecule has 2 heterocycles. The molecule has 9 nitrogen and oxygen atoms in total. The van der Waals surface area contributed by atoms with Crippen LogP contribution in [-0.2, 0) is 10.0 Å². The van der Waals surface area contributed by atoms with Gasteiger partial charge in [-0.3, -0.25) is 0 Å². The summed E-state index contributed by atoms with van der Waals surface area (Å²) in [5.74, 6) is 2.73. The lowest BCUT2D eigenvalue weighted by atomic mass is 10.3. The van der Waals surface area contributed by atoms with Gasteiger partial charge >= 0.3 is 0 Å². The first kappa shape index (κ1) is 23.9. The molecule has 0 unspecified atom stereocenters. The lowest BCUT2D eigenvalue weighted by Crippen LogP contribution is -2.29. The van der Waals surface area contributed by atoms with Crippen molar-refractivity contribution in [3.05, 3.63) is 58.5 Å². The maximum atomic E-state index is 12.7. The Labute approximate surface area is 196 Å². The van der Waals surface area contributed by atoms with E-state index in [1.165, 1.54) is 6.07 Å². The molecule has 2 aromatic heterocycles. The molecule has 0 amide bonds. The van der Waals surface area contributed by atoms with E-state index < -0.39 is 10.0 Å². The minimum Gasteiger partial charge on any atom is -0.492 e. The number of ether oxygens (including phenoxy) is 1. The van der Waals surface area contributed by atoms with Crippen molar-refractivity contribution >= 4 is 43.4 Å². The standard InChI is InChI=1S/C21H25BrN6O3S/c1-4-31-17-6-5-16(22)12-18(17)32(29,30)25-10-9-24-20-13-21(27-15(3)26-20)28-19-11-14(2)7-8-23-19/h5-8,11-13,25H,4,9-10H2,1-3H3,(H2,23,24,26,27,28). The molecule has 0 saturated carbocycles. The normalized spacial score (nSPS) is 11.2. The van der Waals surface area contributed by atoms with Gasteiger partial charge in [0.15, 0.2) is 0 Å². The smallest absolute Gasteiger partial charge is 0.244 e. The minimum absolute atomic E-state index is 0.0868. The van der Waals surface area contributed by atoms with Gasteiger partial charge in [-0.2, -0.15) is 0 Å². The van der Waals surface area contributed by atoms with Crippen LogP contribution < -0.4 is 20.1 Å². The number of pyridine rings is 1. The third kappa shape index (κ3) is 6.62. The molecular formula is C21H25BrN6O3S. The molecule has 3 aromatic rings. The molecule has 11 heteroatoms. The Bertz CT molecular complexity index is 1190. The van der Waals surface area contributed by atoms with Gasteiger partial charge in [0, 0.05) is 29.8 Å². The van der Waals surface area contributed by atoms with E-state index in [-0.39, 0.29) is 11.4 Å². The number of anilines is 3. The third-order valence-corrected chi connectivity index (χ3v) is 6.20. The number of hydrogen-bond donors (Lipinski definition) is 3. The predicted octanol–water partition coefficient (Wildman–Crippen LogP) is 3.78. The van der Waals surface area contributed by atoms with Gasteiger partial charge in [-0.05, 0) is 56.7 Å². The fraction of sp³-hybridized carbons (Fsp3) is 0.286. The summed E-state index contributed by atoms with van der Waals surface area (Å²) < 4.78 is 34.2. The van der Waals surface area contributed by atoms with E-state index >= 15 is 0 Å². The molecule has 0 fully saturated rings. The molecule has 0 bridgehead atoms. The van der Waals surface area contributed by atoms with Crippen LogP contribution in [0.25, 0.3) is 0 Å². The van der Waals surface area contributed by atoms with E-state index in [0.717, 1.165) is 5.56 Å². The van der Waals surface area contributed by atoms with Gasteiger partial charge in [0.05, 0.1) is 6.61 Å². The Morgan fingerprint density at radius 1 is 1.00 bits per heavy atom. The number of benzene rings is 1. The molecule has 0 aliphatic heterocycles. The summed E-state index contributed by atoms with van der Waals surface area (Å²) in [6.07, 6.45) is 1.72. The van der Waals surface area contributed by atoms with Crippen molar-refractivity contribution in [1.82, 2.24) is 19.7 Å². The molecule has 0 aliphatic rings. The third-order valence-electron chi connectivity index (χ3n) is 4.23. The van der Waals surface area contributed by atoms with E-state index in [1.807, 2.05) is 19.1 Å². The Hall–Kier alpha value is -2.76. The first-order chi connectivity index (χ1) is 15.3. The maximum Gasteiger partial charge on any atom is 0.244 e. The largest absolute Gasteiger partial charge is 0.492 e. The number of rotatable bonds is 10. The molecule has 0 saturated heterocycles. The van der Waals surface area contributed by atoms with Crippen molar-refractivity contribution in [1.29, 1.82) is 0 Å². The Morgan fingerprint density at radius 2 is 1.78 bits per heavy atom. The fourth-order valence-corrected chi connectivity index (χ4v) is 4.59. The van der Waals surface area contributed by atoms with E-state index in [0.29, 0.717) is 46.7 Å². The van der Waals surface area contributed by atoms with Gasteiger partial charge in [-0.25, -0.2) is 28.1 Å². The number of sulfonamides is 1. The monoisotopic (exact) mass is 520 g/mol. The van der Waals surface area contributed by atoms with Gasteiger partial charge in [0.2, 0.25) is 10.0 Å². The SMILES string of the molecule is CCOc1ccc(Br)cc1S(=O)(=O)NCCNc1cc(Nc2cc(C)ccn2)nc(C)n1. The molecular weight excluding hydrogens is 496 g/mol. The van der Waals surface area contributed by atoms with Crippen LogP contribution in [0.5, 0.6) is 5.75 Å². The van der Waals surface area contributed by atoms with Crippen LogP contribution in [0.3, 0.4) is 0 Å². The Morgan fingerprint density at radius 3 is 2.53 bits per heavy atom. The van der Waals surface area contributed by atoms with Crippen molar-refractivity contribution in [2.24, 2.45) is 0 Å². The first-order valence-corrected chi connectivity index (χ1v) is 12.3. The summed E-state index contributed by atoms with van der Waals surface area (Å²) >= 11 is 3.31. The van der Waals surface area contributed by atoms with Crippen molar-refractivity contribution in [3.63, 3.8) is 0 Å². The summed E-state index contributed by atoms with van der Waals surface area (Å²) in [5.41, 5.74) is 1.08. The van der Waals surface area contributed by atoms with Crippen molar-refractivity contribution in [2.45, 2.75) is 25.7 Å². The second-order valence-corrected chi connectivity index (χ2v) is 9.53. The second-order valence-electron chi connectivity index (χ2n) is 6.88. The molecule has 0 aliphatic carbocycles. The van der Waals surface area contributed by atoms with Gasteiger partial charge < -0.3 is 15.4 Å². The van der Waals surface area contributed by atoms with Gasteiger partial charge in [0.1, 0.15) is 33.9 Å². The van der Waals surface area contributed by atoms with Crippen LogP contribution in [0.2, 0.25) is 0 Å². The highest BCUT2D eigenvalue weighted by Crippen LogP contribution is 2.27. The van der Waals surface area contributed by atoms with E-state index in [1.54, 1.807) is 38.2 Å². The average molecular weight is 521 g/mol. The molecule has 0 atom stereocenters. The molecule has 32 heavy (non-hydrogen) atoms. The summed E-state index contributed by atoms with van der Waals surface area (Å²) in [5, 5.41) is 6.27. The Kier molecular flexibility index (Phi) is 7.99. The highest BCUT2D eigenvalue weighted by Gasteiger charge is 2.19. The molecule has 3 N–H and O–H groups in total. The maximum absolute atomic E-state index is 12.7. The van der Waals surface area contributed by atoms with Crippen LogP contribution in [-0.4, -0.2) is 43.1 Å². The van der Waals surface area contributed by atoms with Crippen molar-refractivity contribution in [2.75, 3.05) is 30.3 Å². The first-order valence-electron chi connectivity index (χ1n) is 9.98. The van der Waals surface area contributed by atoms with Crippen LogP contribution in [0, 0.1) is 13.8 Å². The van der Waals surface area contributed by atoms with Crippen molar-refractivity contribution in [3.8, 4) is 5.75 Å². The quantitative estimate of drug-likeness (QED) is 0.345. The van der Waals surface area contributed by atoms with E-state index in [9.17, 15) is 8.42 Å². The average Bonchev–Trinajstić information content (AvgIpc) is 2.72. The molecule has 0 spiro atoms. The van der Waals surface area contributed by atoms with Crippen LogP contribution in [0.1, 0.15) is 18.3 Å². The summed E-state index contributed by atoms with van der Waals surface area (Å²) in [6.45, 7) is 6.43. The van der Waals surface area contributed by atoms with Crippen molar-refractivity contribution < 1.29 is 13.2 Å². The molecule has 1 aromatic carbocycles. The Balaban J connectivity index is 1.62.